The number of anilines is 1. The Morgan fingerprint density at radius 2 is 1.82 bits per heavy atom. The van der Waals surface area contributed by atoms with Gasteiger partial charge in [-0.25, -0.2) is 0 Å². The van der Waals surface area contributed by atoms with Crippen LogP contribution in [0.1, 0.15) is 25.1 Å². The van der Waals surface area contributed by atoms with Crippen LogP contribution in [-0.2, 0) is 11.3 Å². The van der Waals surface area contributed by atoms with Crippen molar-refractivity contribution in [3.8, 4) is 17.2 Å². The fourth-order valence-corrected chi connectivity index (χ4v) is 3.03. The molecule has 0 bridgehead atoms. The second kappa shape index (κ2) is 9.50. The summed E-state index contributed by atoms with van der Waals surface area (Å²) >= 11 is 6.40. The molecule has 0 radical (unpaired) electrons. The number of rotatable bonds is 8. The van der Waals surface area contributed by atoms with Gasteiger partial charge in [-0.1, -0.05) is 25.4 Å². The van der Waals surface area contributed by atoms with E-state index in [2.05, 4.69) is 24.3 Å². The highest BCUT2D eigenvalue weighted by Crippen LogP contribution is 2.39. The van der Waals surface area contributed by atoms with Crippen molar-refractivity contribution in [2.45, 2.75) is 27.3 Å². The first-order chi connectivity index (χ1) is 13.3. The number of aromatic nitrogens is 2. The minimum absolute atomic E-state index is 0.318. The summed E-state index contributed by atoms with van der Waals surface area (Å²) in [6.07, 6.45) is 3.08. The number of methoxy groups -OCH3 is 3. The molecule has 2 aromatic rings. The zero-order chi connectivity index (χ0) is 20.8. The molecule has 1 amide bonds. The van der Waals surface area contributed by atoms with Gasteiger partial charge in [0.15, 0.2) is 11.5 Å². The maximum atomic E-state index is 12.4. The Bertz CT molecular complexity index is 850. The molecule has 0 saturated heterocycles. The molecule has 8 heteroatoms. The monoisotopic (exact) mass is 407 g/mol. The van der Waals surface area contributed by atoms with Crippen LogP contribution in [0.25, 0.3) is 6.08 Å². The van der Waals surface area contributed by atoms with Gasteiger partial charge in [-0.15, -0.1) is 0 Å². The van der Waals surface area contributed by atoms with Crippen molar-refractivity contribution in [2.75, 3.05) is 26.6 Å². The van der Waals surface area contributed by atoms with Crippen LogP contribution in [0.4, 0.5) is 5.69 Å². The molecule has 2 rings (SSSR count). The fraction of sp³-hybridized carbons (Fsp3) is 0.400. The smallest absolute Gasteiger partial charge is 0.248 e. The van der Waals surface area contributed by atoms with Crippen LogP contribution in [-0.4, -0.2) is 37.0 Å². The molecule has 0 saturated carbocycles. The minimum Gasteiger partial charge on any atom is -0.493 e. The molecule has 0 aliphatic rings. The number of hydrogen-bond donors (Lipinski definition) is 1. The lowest BCUT2D eigenvalue weighted by molar-refractivity contribution is -0.111. The van der Waals surface area contributed by atoms with Gasteiger partial charge in [0.05, 0.1) is 27.0 Å². The Balaban J connectivity index is 2.20. The van der Waals surface area contributed by atoms with Crippen LogP contribution in [0.15, 0.2) is 18.2 Å². The SMILES string of the molecule is COc1cc(NC(=O)/C=C/c2c(C)nn(CC(C)C)c2Cl)cc(OC)c1OC. The summed E-state index contributed by atoms with van der Waals surface area (Å²) < 4.78 is 17.6. The summed E-state index contributed by atoms with van der Waals surface area (Å²) in [6, 6.07) is 3.32. The number of aryl methyl sites for hydroxylation is 1. The first-order valence-corrected chi connectivity index (χ1v) is 9.20. The lowest BCUT2D eigenvalue weighted by atomic mass is 10.2. The van der Waals surface area contributed by atoms with Gasteiger partial charge in [0.1, 0.15) is 5.15 Å². The van der Waals surface area contributed by atoms with Crippen LogP contribution < -0.4 is 19.5 Å². The van der Waals surface area contributed by atoms with Gasteiger partial charge in [0.25, 0.3) is 0 Å². The lowest BCUT2D eigenvalue weighted by Gasteiger charge is -2.14. The molecule has 0 aliphatic carbocycles. The van der Waals surface area contributed by atoms with E-state index in [4.69, 9.17) is 25.8 Å². The van der Waals surface area contributed by atoms with Gasteiger partial charge >= 0.3 is 0 Å². The molecule has 0 atom stereocenters. The molecule has 28 heavy (non-hydrogen) atoms. The maximum absolute atomic E-state index is 12.4. The zero-order valence-corrected chi connectivity index (χ0v) is 17.8. The summed E-state index contributed by atoms with van der Waals surface area (Å²) in [4.78, 5) is 12.4. The van der Waals surface area contributed by atoms with Crippen molar-refractivity contribution in [1.82, 2.24) is 9.78 Å². The van der Waals surface area contributed by atoms with E-state index >= 15 is 0 Å². The van der Waals surface area contributed by atoms with Crippen molar-refractivity contribution in [2.24, 2.45) is 5.92 Å². The average Bonchev–Trinajstić information content (AvgIpc) is 2.91. The molecule has 1 aromatic heterocycles. The number of nitrogens with one attached hydrogen (secondary N) is 1. The topological polar surface area (TPSA) is 74.6 Å². The second-order valence-electron chi connectivity index (χ2n) is 6.60. The van der Waals surface area contributed by atoms with E-state index in [1.54, 1.807) is 22.9 Å². The highest BCUT2D eigenvalue weighted by molar-refractivity contribution is 6.31. The van der Waals surface area contributed by atoms with E-state index in [1.165, 1.54) is 27.4 Å². The third-order valence-corrected chi connectivity index (χ3v) is 4.38. The van der Waals surface area contributed by atoms with E-state index in [0.29, 0.717) is 40.6 Å². The second-order valence-corrected chi connectivity index (χ2v) is 6.96. The van der Waals surface area contributed by atoms with Crippen molar-refractivity contribution in [1.29, 1.82) is 0 Å². The van der Waals surface area contributed by atoms with Gasteiger partial charge in [0, 0.05) is 36.0 Å². The summed E-state index contributed by atoms with van der Waals surface area (Å²) in [5, 5.41) is 7.73. The Morgan fingerprint density at radius 3 is 2.32 bits per heavy atom. The zero-order valence-electron chi connectivity index (χ0n) is 17.0. The molecular weight excluding hydrogens is 382 g/mol. The van der Waals surface area contributed by atoms with E-state index in [1.807, 2.05) is 6.92 Å². The number of amides is 1. The summed E-state index contributed by atoms with van der Waals surface area (Å²) in [5.74, 6) is 1.46. The normalized spacial score (nSPS) is 11.1. The highest BCUT2D eigenvalue weighted by atomic mass is 35.5. The number of carbonyl (C=O) groups excluding carboxylic acids is 1. The number of carbonyl (C=O) groups is 1. The molecule has 0 spiro atoms. The summed E-state index contributed by atoms with van der Waals surface area (Å²) in [6.45, 7) is 6.76. The van der Waals surface area contributed by atoms with Crippen molar-refractivity contribution in [3.63, 3.8) is 0 Å². The van der Waals surface area contributed by atoms with E-state index in [-0.39, 0.29) is 5.91 Å². The van der Waals surface area contributed by atoms with Crippen molar-refractivity contribution in [3.05, 3.63) is 34.6 Å². The molecule has 0 unspecified atom stereocenters. The maximum Gasteiger partial charge on any atom is 0.248 e. The Hall–Kier alpha value is -2.67. The first-order valence-electron chi connectivity index (χ1n) is 8.82. The standard InChI is InChI=1S/C20H26ClN3O4/c1-12(2)11-24-20(21)15(13(3)23-24)7-8-18(25)22-14-9-16(26-4)19(28-6)17(10-14)27-5/h7-10,12H,11H2,1-6H3,(H,22,25)/b8-7+. The third kappa shape index (κ3) is 4.98. The van der Waals surface area contributed by atoms with Gasteiger partial charge in [-0.2, -0.15) is 5.10 Å². The molecule has 1 aromatic carbocycles. The number of hydrogen-bond acceptors (Lipinski definition) is 5. The van der Waals surface area contributed by atoms with E-state index in [9.17, 15) is 4.79 Å². The first kappa shape index (κ1) is 21.6. The number of nitrogens with zero attached hydrogens (tertiary/aromatic N) is 2. The molecule has 7 nitrogen and oxygen atoms in total. The molecule has 0 fully saturated rings. The van der Waals surface area contributed by atoms with Crippen LogP contribution in [0.2, 0.25) is 5.15 Å². The molecular formula is C20H26ClN3O4. The van der Waals surface area contributed by atoms with E-state index in [0.717, 1.165) is 11.3 Å². The Morgan fingerprint density at radius 1 is 1.21 bits per heavy atom. The Labute approximate surface area is 170 Å². The minimum atomic E-state index is -0.318. The highest BCUT2D eigenvalue weighted by Gasteiger charge is 2.15. The predicted molar refractivity (Wildman–Crippen MR) is 111 cm³/mol. The number of benzene rings is 1. The van der Waals surface area contributed by atoms with Gasteiger partial charge < -0.3 is 19.5 Å². The van der Waals surface area contributed by atoms with Gasteiger partial charge in [-0.05, 0) is 18.9 Å². The predicted octanol–water partition coefficient (Wildman–Crippen LogP) is 4.18. The largest absolute Gasteiger partial charge is 0.493 e. The molecule has 1 N–H and O–H groups in total. The van der Waals surface area contributed by atoms with Gasteiger partial charge in [-0.3, -0.25) is 9.48 Å². The molecule has 1 heterocycles. The number of ether oxygens (including phenoxy) is 3. The summed E-state index contributed by atoms with van der Waals surface area (Å²) in [5.41, 5.74) is 2.01. The van der Waals surface area contributed by atoms with E-state index < -0.39 is 0 Å². The third-order valence-electron chi connectivity index (χ3n) is 3.98. The van der Waals surface area contributed by atoms with Crippen LogP contribution in [0, 0.1) is 12.8 Å². The lowest BCUT2D eigenvalue weighted by Crippen LogP contribution is -2.08. The average molecular weight is 408 g/mol. The van der Waals surface area contributed by atoms with Crippen LogP contribution in [0.5, 0.6) is 17.2 Å². The van der Waals surface area contributed by atoms with Crippen molar-refractivity contribution >= 4 is 29.3 Å². The summed E-state index contributed by atoms with van der Waals surface area (Å²) in [7, 11) is 4.55. The Kier molecular flexibility index (Phi) is 7.34. The van der Waals surface area contributed by atoms with Crippen LogP contribution >= 0.6 is 11.6 Å². The molecule has 0 aliphatic heterocycles. The quantitative estimate of drug-likeness (QED) is 0.664. The number of halogens is 1. The fourth-order valence-electron chi connectivity index (χ4n) is 2.72. The van der Waals surface area contributed by atoms with Crippen molar-refractivity contribution < 1.29 is 19.0 Å². The van der Waals surface area contributed by atoms with Gasteiger partial charge in [0.2, 0.25) is 11.7 Å². The van der Waals surface area contributed by atoms with Crippen LogP contribution in [0.3, 0.4) is 0 Å². The molecule has 152 valence electrons.